The molecule has 1 fully saturated rings. The standard InChI is InChI=1S/C14H8INO2S2/c15-9-3-1-4-10(7-9)16-13(17)12(20-14(16)19)8-11-5-2-6-18-11/h1-8H/b12-8+. The highest BCUT2D eigenvalue weighted by Gasteiger charge is 2.33. The SMILES string of the molecule is O=C1/C(=C\c2ccco2)SC(=S)N1c1cccc(I)c1. The molecule has 1 aromatic carbocycles. The number of thioether (sulfide) groups is 1. The predicted molar refractivity (Wildman–Crippen MR) is 93.5 cm³/mol. The second-order valence-corrected chi connectivity index (χ2v) is 6.93. The van der Waals surface area contributed by atoms with Crippen LogP contribution >= 0.6 is 46.6 Å². The molecule has 0 radical (unpaired) electrons. The van der Waals surface area contributed by atoms with E-state index in [2.05, 4.69) is 22.6 Å². The summed E-state index contributed by atoms with van der Waals surface area (Å²) in [5, 5.41) is 0. The van der Waals surface area contributed by atoms with E-state index in [1.54, 1.807) is 29.4 Å². The predicted octanol–water partition coefficient (Wildman–Crippen LogP) is 4.29. The van der Waals surface area contributed by atoms with E-state index >= 15 is 0 Å². The summed E-state index contributed by atoms with van der Waals surface area (Å²) in [5.74, 6) is 0.534. The Bertz CT molecular complexity index is 710. The topological polar surface area (TPSA) is 33.5 Å². The molecule has 1 aliphatic heterocycles. The van der Waals surface area contributed by atoms with E-state index in [9.17, 15) is 4.79 Å². The fourth-order valence-corrected chi connectivity index (χ4v) is 3.61. The molecule has 2 aromatic rings. The Balaban J connectivity index is 1.95. The maximum Gasteiger partial charge on any atom is 0.270 e. The van der Waals surface area contributed by atoms with Gasteiger partial charge < -0.3 is 4.42 Å². The van der Waals surface area contributed by atoms with E-state index in [4.69, 9.17) is 16.6 Å². The Morgan fingerprint density at radius 2 is 2.15 bits per heavy atom. The summed E-state index contributed by atoms with van der Waals surface area (Å²) in [6, 6.07) is 11.3. The van der Waals surface area contributed by atoms with E-state index in [1.807, 2.05) is 24.3 Å². The van der Waals surface area contributed by atoms with Gasteiger partial charge in [0.05, 0.1) is 16.9 Å². The van der Waals surface area contributed by atoms with Gasteiger partial charge >= 0.3 is 0 Å². The quantitative estimate of drug-likeness (QED) is 0.418. The third-order valence-electron chi connectivity index (χ3n) is 2.68. The molecule has 0 bridgehead atoms. The average Bonchev–Trinajstić information content (AvgIpc) is 2.99. The molecule has 1 aliphatic rings. The van der Waals surface area contributed by atoms with Crippen LogP contribution in [0.25, 0.3) is 6.08 Å². The van der Waals surface area contributed by atoms with Gasteiger partial charge in [0.25, 0.3) is 5.91 Å². The first-order chi connectivity index (χ1) is 9.65. The number of carbonyl (C=O) groups is 1. The molecule has 1 amide bonds. The summed E-state index contributed by atoms with van der Waals surface area (Å²) in [6.07, 6.45) is 3.29. The highest BCUT2D eigenvalue weighted by molar-refractivity contribution is 14.1. The van der Waals surface area contributed by atoms with Gasteiger partial charge in [-0.05, 0) is 52.9 Å². The van der Waals surface area contributed by atoms with Crippen molar-refractivity contribution in [3.63, 3.8) is 0 Å². The number of anilines is 1. The van der Waals surface area contributed by atoms with Crippen LogP contribution in [0.5, 0.6) is 0 Å². The zero-order valence-electron chi connectivity index (χ0n) is 10.1. The van der Waals surface area contributed by atoms with Gasteiger partial charge in [-0.3, -0.25) is 9.69 Å². The van der Waals surface area contributed by atoms with Gasteiger partial charge in [-0.1, -0.05) is 30.0 Å². The Morgan fingerprint density at radius 1 is 1.30 bits per heavy atom. The largest absolute Gasteiger partial charge is 0.465 e. The van der Waals surface area contributed by atoms with Crippen LogP contribution in [0.4, 0.5) is 5.69 Å². The molecule has 0 aliphatic carbocycles. The normalized spacial score (nSPS) is 17.2. The number of thiocarbonyl (C=S) groups is 1. The van der Waals surface area contributed by atoms with Gasteiger partial charge in [-0.25, -0.2) is 0 Å². The number of rotatable bonds is 2. The van der Waals surface area contributed by atoms with E-state index in [0.717, 1.165) is 9.26 Å². The van der Waals surface area contributed by atoms with E-state index in [0.29, 0.717) is 15.0 Å². The Morgan fingerprint density at radius 3 is 2.85 bits per heavy atom. The van der Waals surface area contributed by atoms with Crippen LogP contribution in [-0.2, 0) is 4.79 Å². The van der Waals surface area contributed by atoms with Crippen molar-refractivity contribution in [1.29, 1.82) is 0 Å². The van der Waals surface area contributed by atoms with Crippen LogP contribution in [0, 0.1) is 3.57 Å². The van der Waals surface area contributed by atoms with Crippen molar-refractivity contribution in [1.82, 2.24) is 0 Å². The molecule has 3 rings (SSSR count). The van der Waals surface area contributed by atoms with Crippen LogP contribution in [0.15, 0.2) is 52.0 Å². The molecule has 2 heterocycles. The van der Waals surface area contributed by atoms with Gasteiger partial charge in [-0.15, -0.1) is 0 Å². The number of amides is 1. The minimum Gasteiger partial charge on any atom is -0.465 e. The molecule has 1 saturated heterocycles. The number of carbonyl (C=O) groups excluding carboxylic acids is 1. The number of nitrogens with zero attached hydrogens (tertiary/aromatic N) is 1. The maximum atomic E-state index is 12.5. The minimum atomic E-state index is -0.113. The number of hydrogen-bond acceptors (Lipinski definition) is 4. The Hall–Kier alpha value is -1.12. The average molecular weight is 413 g/mol. The molecule has 0 saturated carbocycles. The highest BCUT2D eigenvalue weighted by Crippen LogP contribution is 2.36. The first kappa shape index (κ1) is 13.8. The van der Waals surface area contributed by atoms with E-state index < -0.39 is 0 Å². The lowest BCUT2D eigenvalue weighted by molar-refractivity contribution is -0.113. The number of benzene rings is 1. The first-order valence-corrected chi connectivity index (χ1v) is 8.02. The number of hydrogen-bond donors (Lipinski definition) is 0. The van der Waals surface area contributed by atoms with E-state index in [1.165, 1.54) is 11.8 Å². The molecular weight excluding hydrogens is 405 g/mol. The Labute approximate surface area is 139 Å². The van der Waals surface area contributed by atoms with Crippen molar-refractivity contribution in [2.45, 2.75) is 0 Å². The molecule has 6 heteroatoms. The third kappa shape index (κ3) is 2.68. The Kier molecular flexibility index (Phi) is 3.95. The lowest BCUT2D eigenvalue weighted by Crippen LogP contribution is -2.27. The van der Waals surface area contributed by atoms with Crippen molar-refractivity contribution in [3.8, 4) is 0 Å². The molecule has 3 nitrogen and oxygen atoms in total. The fraction of sp³-hybridized carbons (Fsp3) is 0. The third-order valence-corrected chi connectivity index (χ3v) is 4.65. The zero-order valence-corrected chi connectivity index (χ0v) is 13.9. The summed E-state index contributed by atoms with van der Waals surface area (Å²) < 4.78 is 6.83. The molecule has 100 valence electrons. The number of halogens is 1. The molecular formula is C14H8INO2S2. The first-order valence-electron chi connectivity index (χ1n) is 5.72. The summed E-state index contributed by atoms with van der Waals surface area (Å²) in [4.78, 5) is 14.6. The molecule has 0 N–H and O–H groups in total. The van der Waals surface area contributed by atoms with Crippen LogP contribution < -0.4 is 4.90 Å². The minimum absolute atomic E-state index is 0.113. The summed E-state index contributed by atoms with van der Waals surface area (Å²) in [5.41, 5.74) is 0.794. The second kappa shape index (κ2) is 5.71. The molecule has 1 aromatic heterocycles. The summed E-state index contributed by atoms with van der Waals surface area (Å²) >= 11 is 8.81. The van der Waals surface area contributed by atoms with Crippen molar-refractivity contribution >= 4 is 68.6 Å². The molecule has 0 atom stereocenters. The van der Waals surface area contributed by atoms with Crippen molar-refractivity contribution in [3.05, 3.63) is 56.9 Å². The summed E-state index contributed by atoms with van der Waals surface area (Å²) in [6.45, 7) is 0. The zero-order chi connectivity index (χ0) is 14.1. The molecule has 0 spiro atoms. The van der Waals surface area contributed by atoms with Crippen LogP contribution in [0.3, 0.4) is 0 Å². The fourth-order valence-electron chi connectivity index (χ4n) is 1.81. The van der Waals surface area contributed by atoms with Crippen LogP contribution in [0.1, 0.15) is 5.76 Å². The highest BCUT2D eigenvalue weighted by atomic mass is 127. The molecule has 20 heavy (non-hydrogen) atoms. The van der Waals surface area contributed by atoms with E-state index in [-0.39, 0.29) is 5.91 Å². The van der Waals surface area contributed by atoms with Gasteiger partial charge in [0, 0.05) is 9.65 Å². The lowest BCUT2D eigenvalue weighted by atomic mass is 10.3. The maximum absolute atomic E-state index is 12.5. The lowest BCUT2D eigenvalue weighted by Gasteiger charge is -2.14. The van der Waals surface area contributed by atoms with Gasteiger partial charge in [0.15, 0.2) is 4.32 Å². The van der Waals surface area contributed by atoms with Gasteiger partial charge in [0.1, 0.15) is 5.76 Å². The van der Waals surface area contributed by atoms with Crippen molar-refractivity contribution in [2.75, 3.05) is 4.90 Å². The van der Waals surface area contributed by atoms with Crippen molar-refractivity contribution in [2.24, 2.45) is 0 Å². The smallest absolute Gasteiger partial charge is 0.270 e. The van der Waals surface area contributed by atoms with Gasteiger partial charge in [-0.2, -0.15) is 0 Å². The number of furan rings is 1. The van der Waals surface area contributed by atoms with Crippen LogP contribution in [0.2, 0.25) is 0 Å². The monoisotopic (exact) mass is 413 g/mol. The summed E-state index contributed by atoms with van der Waals surface area (Å²) in [7, 11) is 0. The van der Waals surface area contributed by atoms with Gasteiger partial charge in [0.2, 0.25) is 0 Å². The second-order valence-electron chi connectivity index (χ2n) is 4.01. The van der Waals surface area contributed by atoms with Crippen LogP contribution in [-0.4, -0.2) is 10.2 Å². The molecule has 0 unspecified atom stereocenters. The van der Waals surface area contributed by atoms with Crippen molar-refractivity contribution < 1.29 is 9.21 Å².